The average molecular weight is 247 g/mol. The maximum Gasteiger partial charge on any atom is 0.128 e. The van der Waals surface area contributed by atoms with Crippen molar-refractivity contribution in [3.05, 3.63) is 23.9 Å². The zero-order valence-electron chi connectivity index (χ0n) is 11.8. The summed E-state index contributed by atoms with van der Waals surface area (Å²) >= 11 is 0. The Hall–Kier alpha value is -1.09. The van der Waals surface area contributed by atoms with Gasteiger partial charge in [-0.15, -0.1) is 0 Å². The highest BCUT2D eigenvalue weighted by molar-refractivity contribution is 5.43. The third-order valence-electron chi connectivity index (χ3n) is 4.56. The van der Waals surface area contributed by atoms with Gasteiger partial charge in [0.05, 0.1) is 0 Å². The smallest absolute Gasteiger partial charge is 0.128 e. The van der Waals surface area contributed by atoms with Crippen molar-refractivity contribution < 1.29 is 0 Å². The van der Waals surface area contributed by atoms with E-state index < -0.39 is 0 Å². The van der Waals surface area contributed by atoms with Crippen LogP contribution < -0.4 is 10.6 Å². The quantitative estimate of drug-likeness (QED) is 0.889. The summed E-state index contributed by atoms with van der Waals surface area (Å²) in [4.78, 5) is 6.92. The molecule has 1 aromatic rings. The van der Waals surface area contributed by atoms with Crippen molar-refractivity contribution in [2.24, 2.45) is 11.1 Å². The standard InChI is InChI=1S/C15H25N3/c1-4-15(5-2)7-9-18(11-15)14-10-13(12(3)16)6-8-17-14/h6,8,10,12H,4-5,7,9,11,16H2,1-3H3/t12-/m1/s1. The molecular formula is C15H25N3. The monoisotopic (exact) mass is 247 g/mol. The lowest BCUT2D eigenvalue weighted by molar-refractivity contribution is 0.301. The van der Waals surface area contributed by atoms with Gasteiger partial charge >= 0.3 is 0 Å². The van der Waals surface area contributed by atoms with Gasteiger partial charge in [0.15, 0.2) is 0 Å². The van der Waals surface area contributed by atoms with Gasteiger partial charge in [-0.3, -0.25) is 0 Å². The number of nitrogens with zero attached hydrogens (tertiary/aromatic N) is 2. The summed E-state index contributed by atoms with van der Waals surface area (Å²) in [6.45, 7) is 8.88. The van der Waals surface area contributed by atoms with E-state index >= 15 is 0 Å². The Bertz CT molecular complexity index is 396. The van der Waals surface area contributed by atoms with Gasteiger partial charge in [-0.05, 0) is 49.3 Å². The second-order valence-corrected chi connectivity index (χ2v) is 5.61. The predicted octanol–water partition coefficient (Wildman–Crippen LogP) is 3.12. The number of hydrogen-bond donors (Lipinski definition) is 1. The summed E-state index contributed by atoms with van der Waals surface area (Å²) in [7, 11) is 0. The van der Waals surface area contributed by atoms with Gasteiger partial charge in [-0.2, -0.15) is 0 Å². The van der Waals surface area contributed by atoms with Crippen LogP contribution in [0.3, 0.4) is 0 Å². The van der Waals surface area contributed by atoms with Crippen LogP contribution in [0.25, 0.3) is 0 Å². The van der Waals surface area contributed by atoms with Crippen molar-refractivity contribution in [1.82, 2.24) is 4.98 Å². The van der Waals surface area contributed by atoms with Crippen LogP contribution >= 0.6 is 0 Å². The molecule has 100 valence electrons. The van der Waals surface area contributed by atoms with E-state index in [1.165, 1.54) is 24.8 Å². The molecule has 2 heterocycles. The van der Waals surface area contributed by atoms with Crippen molar-refractivity contribution >= 4 is 5.82 Å². The molecular weight excluding hydrogens is 222 g/mol. The van der Waals surface area contributed by atoms with Gasteiger partial charge in [0, 0.05) is 25.3 Å². The zero-order valence-corrected chi connectivity index (χ0v) is 11.8. The van der Waals surface area contributed by atoms with E-state index in [-0.39, 0.29) is 6.04 Å². The number of pyridine rings is 1. The Kier molecular flexibility index (Phi) is 3.91. The van der Waals surface area contributed by atoms with Gasteiger partial charge < -0.3 is 10.6 Å². The first-order valence-corrected chi connectivity index (χ1v) is 7.07. The molecule has 1 fully saturated rings. The molecule has 2 rings (SSSR count). The minimum absolute atomic E-state index is 0.0801. The third kappa shape index (κ3) is 2.51. The predicted molar refractivity (Wildman–Crippen MR) is 76.7 cm³/mol. The van der Waals surface area contributed by atoms with Gasteiger partial charge in [0.2, 0.25) is 0 Å². The molecule has 0 aliphatic carbocycles. The molecule has 18 heavy (non-hydrogen) atoms. The van der Waals surface area contributed by atoms with Crippen molar-refractivity contribution in [2.75, 3.05) is 18.0 Å². The topological polar surface area (TPSA) is 42.1 Å². The Labute approximate surface area is 110 Å². The summed E-state index contributed by atoms with van der Waals surface area (Å²) in [6.07, 6.45) is 5.68. The molecule has 0 amide bonds. The lowest BCUT2D eigenvalue weighted by Crippen LogP contribution is -2.26. The van der Waals surface area contributed by atoms with Crippen LogP contribution in [0, 0.1) is 5.41 Å². The van der Waals surface area contributed by atoms with Crippen molar-refractivity contribution in [3.8, 4) is 0 Å². The van der Waals surface area contributed by atoms with Gasteiger partial charge in [0.1, 0.15) is 5.82 Å². The van der Waals surface area contributed by atoms with E-state index in [2.05, 4.69) is 29.8 Å². The molecule has 1 saturated heterocycles. The normalized spacial score (nSPS) is 20.1. The summed E-state index contributed by atoms with van der Waals surface area (Å²) in [5.74, 6) is 1.09. The lowest BCUT2D eigenvalue weighted by atomic mass is 9.82. The Morgan fingerprint density at radius 1 is 1.44 bits per heavy atom. The molecule has 3 heteroatoms. The largest absolute Gasteiger partial charge is 0.356 e. The van der Waals surface area contributed by atoms with Crippen LogP contribution in [0.2, 0.25) is 0 Å². The lowest BCUT2D eigenvalue weighted by Gasteiger charge is -2.27. The minimum Gasteiger partial charge on any atom is -0.356 e. The zero-order chi connectivity index (χ0) is 13.2. The maximum absolute atomic E-state index is 5.94. The number of nitrogens with two attached hydrogens (primary N) is 1. The highest BCUT2D eigenvalue weighted by Crippen LogP contribution is 2.38. The number of rotatable bonds is 4. The number of aromatic nitrogens is 1. The van der Waals surface area contributed by atoms with Gasteiger partial charge in [-0.25, -0.2) is 4.98 Å². The van der Waals surface area contributed by atoms with E-state index in [9.17, 15) is 0 Å². The summed E-state index contributed by atoms with van der Waals surface area (Å²) in [6, 6.07) is 4.24. The summed E-state index contributed by atoms with van der Waals surface area (Å²) in [5, 5.41) is 0. The molecule has 1 aliphatic rings. The van der Waals surface area contributed by atoms with Crippen LogP contribution in [0.4, 0.5) is 5.82 Å². The summed E-state index contributed by atoms with van der Waals surface area (Å²) in [5.41, 5.74) is 7.60. The van der Waals surface area contributed by atoms with Crippen LogP contribution in [0.5, 0.6) is 0 Å². The van der Waals surface area contributed by atoms with Crippen LogP contribution in [-0.2, 0) is 0 Å². The fourth-order valence-electron chi connectivity index (χ4n) is 2.85. The molecule has 1 atom stereocenters. The maximum atomic E-state index is 5.94. The molecule has 0 unspecified atom stereocenters. The average Bonchev–Trinajstić information content (AvgIpc) is 2.84. The third-order valence-corrected chi connectivity index (χ3v) is 4.56. The highest BCUT2D eigenvalue weighted by atomic mass is 15.2. The first kappa shape index (κ1) is 13.3. The molecule has 1 aromatic heterocycles. The van der Waals surface area contributed by atoms with E-state index in [1.807, 2.05) is 19.2 Å². The van der Waals surface area contributed by atoms with Gasteiger partial charge in [-0.1, -0.05) is 13.8 Å². The molecule has 0 aromatic carbocycles. The minimum atomic E-state index is 0.0801. The highest BCUT2D eigenvalue weighted by Gasteiger charge is 2.35. The molecule has 2 N–H and O–H groups in total. The number of hydrogen-bond acceptors (Lipinski definition) is 3. The van der Waals surface area contributed by atoms with Gasteiger partial charge in [0.25, 0.3) is 0 Å². The van der Waals surface area contributed by atoms with Crippen molar-refractivity contribution in [3.63, 3.8) is 0 Å². The molecule has 1 aliphatic heterocycles. The Morgan fingerprint density at radius 3 is 2.72 bits per heavy atom. The molecule has 0 spiro atoms. The molecule has 0 saturated carbocycles. The Balaban J connectivity index is 2.16. The summed E-state index contributed by atoms with van der Waals surface area (Å²) < 4.78 is 0. The van der Waals surface area contributed by atoms with E-state index in [0.29, 0.717) is 5.41 Å². The SMILES string of the molecule is CCC1(CC)CCN(c2cc([C@@H](C)N)ccn2)C1. The first-order valence-electron chi connectivity index (χ1n) is 7.07. The molecule has 0 bridgehead atoms. The van der Waals surface area contributed by atoms with E-state index in [1.54, 1.807) is 0 Å². The Morgan fingerprint density at radius 2 is 2.17 bits per heavy atom. The molecule has 0 radical (unpaired) electrons. The fraction of sp³-hybridized carbons (Fsp3) is 0.667. The fourth-order valence-corrected chi connectivity index (χ4v) is 2.85. The van der Waals surface area contributed by atoms with E-state index in [4.69, 9.17) is 5.73 Å². The van der Waals surface area contributed by atoms with Crippen LogP contribution in [0.15, 0.2) is 18.3 Å². The second kappa shape index (κ2) is 5.27. The van der Waals surface area contributed by atoms with E-state index in [0.717, 1.165) is 18.9 Å². The van der Waals surface area contributed by atoms with Crippen LogP contribution in [-0.4, -0.2) is 18.1 Å². The van der Waals surface area contributed by atoms with Crippen LogP contribution in [0.1, 0.15) is 51.6 Å². The molecule has 3 nitrogen and oxygen atoms in total. The van der Waals surface area contributed by atoms with Crippen molar-refractivity contribution in [2.45, 2.75) is 46.1 Å². The first-order chi connectivity index (χ1) is 8.60. The second-order valence-electron chi connectivity index (χ2n) is 5.61. The van der Waals surface area contributed by atoms with Crippen molar-refractivity contribution in [1.29, 1.82) is 0 Å². The number of anilines is 1.